The molecule has 2 heterocycles. The zero-order valence-electron chi connectivity index (χ0n) is 11.3. The first-order valence-corrected chi connectivity index (χ1v) is 8.88. The van der Waals surface area contributed by atoms with Crippen LogP contribution in [0.3, 0.4) is 0 Å². The summed E-state index contributed by atoms with van der Waals surface area (Å²) in [6, 6.07) is 5.91. The maximum atomic E-state index is 6.38. The van der Waals surface area contributed by atoms with Gasteiger partial charge in [-0.25, -0.2) is 0 Å². The number of hydrogen-bond acceptors (Lipinski definition) is 5. The van der Waals surface area contributed by atoms with Crippen LogP contribution in [0.4, 0.5) is 0 Å². The Morgan fingerprint density at radius 3 is 2.71 bits per heavy atom. The molecule has 1 atom stereocenters. The second kappa shape index (κ2) is 6.18. The van der Waals surface area contributed by atoms with Gasteiger partial charge < -0.3 is 5.73 Å². The Bertz CT molecular complexity index is 782. The maximum Gasteiger partial charge on any atom is 0.124 e. The number of fused-ring (bicyclic) bond motifs is 1. The van der Waals surface area contributed by atoms with Crippen LogP contribution in [0.1, 0.15) is 30.7 Å². The zero-order chi connectivity index (χ0) is 15.0. The molecule has 0 bridgehead atoms. The quantitative estimate of drug-likeness (QED) is 0.667. The Hall–Kier alpha value is -0.720. The minimum atomic E-state index is 0.0730. The Labute approximate surface area is 141 Å². The van der Waals surface area contributed by atoms with Crippen LogP contribution in [0.2, 0.25) is 10.0 Å². The summed E-state index contributed by atoms with van der Waals surface area (Å²) in [6.07, 6.45) is 2.04. The highest BCUT2D eigenvalue weighted by Crippen LogP contribution is 2.41. The lowest BCUT2D eigenvalue weighted by atomic mass is 10.1. The van der Waals surface area contributed by atoms with Crippen molar-refractivity contribution in [3.63, 3.8) is 0 Å². The summed E-state index contributed by atoms with van der Waals surface area (Å²) in [4.78, 5) is 2.21. The highest BCUT2D eigenvalue weighted by molar-refractivity contribution is 7.15. The standard InChI is InChI=1S/C14H13Cl2N3S2/c1-2-3-9(17)10-4-5-11(20-10)12-7(15)6-8(16)13-14(12)19-21-18-13/h4-6,9H,2-3,17H2,1H3. The lowest BCUT2D eigenvalue weighted by Crippen LogP contribution is -2.07. The van der Waals surface area contributed by atoms with Gasteiger partial charge in [-0.15, -0.1) is 11.3 Å². The normalized spacial score (nSPS) is 13.0. The summed E-state index contributed by atoms with van der Waals surface area (Å²) < 4.78 is 8.58. The first-order chi connectivity index (χ1) is 10.1. The van der Waals surface area contributed by atoms with Gasteiger partial charge in [0, 0.05) is 21.4 Å². The van der Waals surface area contributed by atoms with E-state index in [0.29, 0.717) is 15.6 Å². The molecule has 0 amide bonds. The molecule has 0 aliphatic heterocycles. The number of benzene rings is 1. The van der Waals surface area contributed by atoms with Crippen LogP contribution >= 0.6 is 46.3 Å². The van der Waals surface area contributed by atoms with E-state index in [1.807, 2.05) is 6.07 Å². The molecule has 0 fully saturated rings. The van der Waals surface area contributed by atoms with E-state index in [2.05, 4.69) is 21.7 Å². The van der Waals surface area contributed by atoms with E-state index in [4.69, 9.17) is 28.9 Å². The third-order valence-corrected chi connectivity index (χ3v) is 5.63. The summed E-state index contributed by atoms with van der Waals surface area (Å²) in [5.74, 6) is 0. The third-order valence-electron chi connectivity index (χ3n) is 3.28. The number of aromatic nitrogens is 2. The number of halogens is 2. The number of nitrogens with two attached hydrogens (primary N) is 1. The Morgan fingerprint density at radius 2 is 1.95 bits per heavy atom. The molecule has 0 spiro atoms. The van der Waals surface area contributed by atoms with Gasteiger partial charge in [-0.3, -0.25) is 0 Å². The van der Waals surface area contributed by atoms with Gasteiger partial charge in [-0.05, 0) is 24.6 Å². The SMILES string of the molecule is CCCC(N)c1ccc(-c2c(Cl)cc(Cl)c3nsnc23)s1. The molecule has 1 aromatic carbocycles. The van der Waals surface area contributed by atoms with Crippen molar-refractivity contribution < 1.29 is 0 Å². The molecule has 2 N–H and O–H groups in total. The van der Waals surface area contributed by atoms with Crippen molar-refractivity contribution in [2.75, 3.05) is 0 Å². The topological polar surface area (TPSA) is 51.8 Å². The second-order valence-electron chi connectivity index (χ2n) is 4.77. The fraction of sp³-hybridized carbons (Fsp3) is 0.286. The molecule has 7 heteroatoms. The van der Waals surface area contributed by atoms with Gasteiger partial charge in [0.05, 0.1) is 21.8 Å². The van der Waals surface area contributed by atoms with Crippen molar-refractivity contribution in [1.29, 1.82) is 0 Å². The van der Waals surface area contributed by atoms with Gasteiger partial charge in [0.2, 0.25) is 0 Å². The molecule has 0 saturated heterocycles. The number of rotatable bonds is 4. The number of thiophene rings is 1. The van der Waals surface area contributed by atoms with E-state index in [1.165, 1.54) is 0 Å². The van der Waals surface area contributed by atoms with E-state index in [9.17, 15) is 0 Å². The van der Waals surface area contributed by atoms with Crippen molar-refractivity contribution in [2.45, 2.75) is 25.8 Å². The summed E-state index contributed by atoms with van der Waals surface area (Å²) in [5, 5.41) is 1.13. The van der Waals surface area contributed by atoms with E-state index < -0.39 is 0 Å². The van der Waals surface area contributed by atoms with Crippen LogP contribution in [0.5, 0.6) is 0 Å². The fourth-order valence-corrected chi connectivity index (χ4v) is 4.62. The molecular weight excluding hydrogens is 345 g/mol. The number of nitrogens with zero attached hydrogens (tertiary/aromatic N) is 2. The zero-order valence-corrected chi connectivity index (χ0v) is 14.4. The highest BCUT2D eigenvalue weighted by Gasteiger charge is 2.18. The average molecular weight is 358 g/mol. The smallest absolute Gasteiger partial charge is 0.124 e. The Kier molecular flexibility index (Phi) is 4.47. The van der Waals surface area contributed by atoms with E-state index in [-0.39, 0.29) is 6.04 Å². The van der Waals surface area contributed by atoms with Crippen LogP contribution in [-0.4, -0.2) is 8.75 Å². The predicted molar refractivity (Wildman–Crippen MR) is 92.6 cm³/mol. The predicted octanol–water partition coefficient (Wildman–Crippen LogP) is 5.53. The van der Waals surface area contributed by atoms with Gasteiger partial charge in [-0.1, -0.05) is 36.5 Å². The van der Waals surface area contributed by atoms with Crippen molar-refractivity contribution in [3.8, 4) is 10.4 Å². The lowest BCUT2D eigenvalue weighted by Gasteiger charge is -2.07. The minimum Gasteiger partial charge on any atom is -0.323 e. The molecule has 0 saturated carbocycles. The molecule has 21 heavy (non-hydrogen) atoms. The van der Waals surface area contributed by atoms with Crippen molar-refractivity contribution in [3.05, 3.63) is 33.1 Å². The van der Waals surface area contributed by atoms with Crippen molar-refractivity contribution >= 4 is 57.3 Å². The first kappa shape index (κ1) is 15.2. The molecule has 3 nitrogen and oxygen atoms in total. The summed E-state index contributed by atoms with van der Waals surface area (Å²) in [6.45, 7) is 2.13. The first-order valence-electron chi connectivity index (χ1n) is 6.57. The third kappa shape index (κ3) is 2.81. The minimum absolute atomic E-state index is 0.0730. The molecule has 110 valence electrons. The van der Waals surface area contributed by atoms with Crippen LogP contribution in [0.15, 0.2) is 18.2 Å². The molecular formula is C14H13Cl2N3S2. The van der Waals surface area contributed by atoms with Crippen LogP contribution < -0.4 is 5.73 Å². The summed E-state index contributed by atoms with van der Waals surface area (Å²) in [7, 11) is 0. The van der Waals surface area contributed by atoms with E-state index >= 15 is 0 Å². The van der Waals surface area contributed by atoms with Gasteiger partial charge in [0.15, 0.2) is 0 Å². The van der Waals surface area contributed by atoms with Gasteiger partial charge in [-0.2, -0.15) is 8.75 Å². The Morgan fingerprint density at radius 1 is 1.19 bits per heavy atom. The second-order valence-corrected chi connectivity index (χ2v) is 7.23. The summed E-state index contributed by atoms with van der Waals surface area (Å²) >= 11 is 15.3. The molecule has 1 unspecified atom stereocenters. The van der Waals surface area contributed by atoms with Gasteiger partial charge in [0.25, 0.3) is 0 Å². The molecule has 0 radical (unpaired) electrons. The lowest BCUT2D eigenvalue weighted by molar-refractivity contribution is 0.648. The van der Waals surface area contributed by atoms with Crippen LogP contribution in [0, 0.1) is 0 Å². The van der Waals surface area contributed by atoms with Crippen LogP contribution in [0.25, 0.3) is 21.5 Å². The monoisotopic (exact) mass is 357 g/mol. The fourth-order valence-electron chi connectivity index (χ4n) is 2.25. The van der Waals surface area contributed by atoms with Gasteiger partial charge >= 0.3 is 0 Å². The number of hydrogen-bond donors (Lipinski definition) is 1. The molecule has 2 aromatic heterocycles. The van der Waals surface area contributed by atoms with E-state index in [1.54, 1.807) is 17.4 Å². The van der Waals surface area contributed by atoms with Crippen molar-refractivity contribution in [2.24, 2.45) is 5.73 Å². The van der Waals surface area contributed by atoms with Crippen molar-refractivity contribution in [1.82, 2.24) is 8.75 Å². The van der Waals surface area contributed by atoms with E-state index in [0.717, 1.165) is 45.4 Å². The Balaban J connectivity index is 2.11. The molecule has 3 rings (SSSR count). The highest BCUT2D eigenvalue weighted by atomic mass is 35.5. The maximum absolute atomic E-state index is 6.38. The molecule has 0 aliphatic carbocycles. The summed E-state index contributed by atoms with van der Waals surface area (Å²) in [5.41, 5.74) is 8.54. The average Bonchev–Trinajstić information content (AvgIpc) is 3.08. The molecule has 3 aromatic rings. The largest absolute Gasteiger partial charge is 0.323 e. The molecule has 0 aliphatic rings. The van der Waals surface area contributed by atoms with Crippen LogP contribution in [-0.2, 0) is 0 Å². The van der Waals surface area contributed by atoms with Gasteiger partial charge in [0.1, 0.15) is 11.0 Å².